The molecule has 4 saturated carbocycles. The number of fused-ring (bicyclic) bond motifs is 5. The largest absolute Gasteiger partial charge is 0.299 e. The standard InChI is InChI=1S/C30H50O/c1-7-9-23-26-13-12-22-25-15-14-24(21(4)11-8-10-20(2)3)29(25,5)18-16-27(22)30(26,6)19-17-28(23)31/h7,9,20-27H,8,10-19H2,1-6H3/t21-,22+,23+,24-,25+,26+,27+,29-,30+/m1/s1. The van der Waals surface area contributed by atoms with Gasteiger partial charge in [-0.1, -0.05) is 66.0 Å². The van der Waals surface area contributed by atoms with Crippen LogP contribution >= 0.6 is 0 Å². The van der Waals surface area contributed by atoms with Crippen LogP contribution < -0.4 is 0 Å². The highest BCUT2D eigenvalue weighted by Gasteiger charge is 2.61. The number of carbonyl (C=O) groups excluding carboxylic acids is 1. The van der Waals surface area contributed by atoms with E-state index in [2.05, 4.69) is 53.7 Å². The molecule has 0 aromatic heterocycles. The fraction of sp³-hybridized carbons (Fsp3) is 0.900. The molecular weight excluding hydrogens is 376 g/mol. The number of Topliss-reactive ketones (excluding diaryl/α,β-unsaturated/α-hetero) is 1. The predicted molar refractivity (Wildman–Crippen MR) is 132 cm³/mol. The van der Waals surface area contributed by atoms with Gasteiger partial charge in [-0.3, -0.25) is 4.79 Å². The molecule has 0 unspecified atom stereocenters. The van der Waals surface area contributed by atoms with Gasteiger partial charge in [0.2, 0.25) is 0 Å². The molecule has 0 N–H and O–H groups in total. The first-order valence-electron chi connectivity index (χ1n) is 13.9. The Labute approximate surface area is 193 Å². The Morgan fingerprint density at radius 2 is 1.61 bits per heavy atom. The summed E-state index contributed by atoms with van der Waals surface area (Å²) in [6.45, 7) is 14.7. The molecule has 31 heavy (non-hydrogen) atoms. The second-order valence-electron chi connectivity index (χ2n) is 13.1. The van der Waals surface area contributed by atoms with Crippen LogP contribution in [-0.4, -0.2) is 5.78 Å². The van der Waals surface area contributed by atoms with Crippen LogP contribution in [0.15, 0.2) is 12.2 Å². The van der Waals surface area contributed by atoms with Crippen LogP contribution in [0.4, 0.5) is 0 Å². The van der Waals surface area contributed by atoms with Crippen LogP contribution in [0.25, 0.3) is 0 Å². The van der Waals surface area contributed by atoms with E-state index in [4.69, 9.17) is 0 Å². The summed E-state index contributed by atoms with van der Waals surface area (Å²) in [5.41, 5.74) is 0.970. The molecule has 0 radical (unpaired) electrons. The third-order valence-corrected chi connectivity index (χ3v) is 11.3. The van der Waals surface area contributed by atoms with Gasteiger partial charge in [-0.25, -0.2) is 0 Å². The molecule has 0 aromatic carbocycles. The SMILES string of the molecule is CC=C[C@@H]1C(=O)CC[C@]2(C)[C@H]3CC[C@]4(C)[C@@H]([C@H](C)CCCC(C)C)CC[C@H]4[C@@H]3CC[C@@H]12. The van der Waals surface area contributed by atoms with E-state index in [-0.39, 0.29) is 5.92 Å². The van der Waals surface area contributed by atoms with E-state index in [1.54, 1.807) is 0 Å². The number of rotatable bonds is 6. The van der Waals surface area contributed by atoms with Gasteiger partial charge in [-0.15, -0.1) is 0 Å². The highest BCUT2D eigenvalue weighted by Crippen LogP contribution is 2.68. The fourth-order valence-corrected chi connectivity index (χ4v) is 9.70. The highest BCUT2D eigenvalue weighted by atomic mass is 16.1. The topological polar surface area (TPSA) is 17.1 Å². The third-order valence-electron chi connectivity index (χ3n) is 11.3. The Balaban J connectivity index is 1.50. The van der Waals surface area contributed by atoms with Gasteiger partial charge in [0, 0.05) is 12.3 Å². The van der Waals surface area contributed by atoms with Crippen molar-refractivity contribution < 1.29 is 4.79 Å². The second-order valence-corrected chi connectivity index (χ2v) is 13.1. The maximum Gasteiger partial charge on any atom is 0.140 e. The summed E-state index contributed by atoms with van der Waals surface area (Å²) >= 11 is 0. The first-order valence-corrected chi connectivity index (χ1v) is 13.9. The van der Waals surface area contributed by atoms with E-state index in [1.165, 1.54) is 57.8 Å². The molecule has 1 nitrogen and oxygen atoms in total. The van der Waals surface area contributed by atoms with Crippen molar-refractivity contribution in [1.29, 1.82) is 0 Å². The van der Waals surface area contributed by atoms with Gasteiger partial charge < -0.3 is 0 Å². The van der Waals surface area contributed by atoms with Gasteiger partial charge in [-0.2, -0.15) is 0 Å². The first kappa shape index (κ1) is 23.6. The maximum atomic E-state index is 12.8. The monoisotopic (exact) mass is 426 g/mol. The van der Waals surface area contributed by atoms with Gasteiger partial charge in [-0.05, 0) is 104 Å². The molecule has 9 atom stereocenters. The van der Waals surface area contributed by atoms with Crippen LogP contribution in [0.2, 0.25) is 0 Å². The van der Waals surface area contributed by atoms with Crippen LogP contribution in [0.5, 0.6) is 0 Å². The molecule has 176 valence electrons. The third kappa shape index (κ3) is 3.99. The summed E-state index contributed by atoms with van der Waals surface area (Å²) < 4.78 is 0. The minimum atomic E-state index is 0.204. The van der Waals surface area contributed by atoms with Gasteiger partial charge in [0.25, 0.3) is 0 Å². The maximum absolute atomic E-state index is 12.8. The Hall–Kier alpha value is -0.590. The van der Waals surface area contributed by atoms with Gasteiger partial charge in [0.1, 0.15) is 5.78 Å². The van der Waals surface area contributed by atoms with Gasteiger partial charge >= 0.3 is 0 Å². The van der Waals surface area contributed by atoms with Crippen LogP contribution in [0, 0.1) is 58.2 Å². The molecule has 0 aromatic rings. The Morgan fingerprint density at radius 3 is 2.32 bits per heavy atom. The molecule has 0 heterocycles. The molecule has 0 aliphatic heterocycles. The number of carbonyl (C=O) groups is 1. The van der Waals surface area contributed by atoms with Gasteiger partial charge in [0.15, 0.2) is 0 Å². The smallest absolute Gasteiger partial charge is 0.140 e. The Bertz CT molecular complexity index is 676. The zero-order valence-corrected chi connectivity index (χ0v) is 21.5. The number of hydrogen-bond acceptors (Lipinski definition) is 1. The van der Waals surface area contributed by atoms with Crippen LogP contribution in [0.1, 0.15) is 112 Å². The van der Waals surface area contributed by atoms with E-state index in [0.29, 0.717) is 22.5 Å². The summed E-state index contributed by atoms with van der Waals surface area (Å²) in [5, 5.41) is 0. The molecule has 1 heteroatoms. The predicted octanol–water partition coefficient (Wildman–Crippen LogP) is 8.48. The van der Waals surface area contributed by atoms with Crippen molar-refractivity contribution in [1.82, 2.24) is 0 Å². The van der Waals surface area contributed by atoms with E-state index in [1.807, 2.05) is 0 Å². The van der Waals surface area contributed by atoms with Crippen LogP contribution in [0.3, 0.4) is 0 Å². The van der Waals surface area contributed by atoms with E-state index in [0.717, 1.165) is 48.3 Å². The number of allylic oxidation sites excluding steroid dienone is 2. The summed E-state index contributed by atoms with van der Waals surface area (Å²) in [5.74, 6) is 6.74. The van der Waals surface area contributed by atoms with Crippen molar-refractivity contribution >= 4 is 5.78 Å². The summed E-state index contributed by atoms with van der Waals surface area (Å²) in [4.78, 5) is 12.8. The van der Waals surface area contributed by atoms with Crippen LogP contribution in [-0.2, 0) is 4.79 Å². The quantitative estimate of drug-likeness (QED) is 0.389. The second kappa shape index (κ2) is 8.98. The summed E-state index contributed by atoms with van der Waals surface area (Å²) in [6.07, 6.45) is 19.1. The molecule has 0 bridgehead atoms. The lowest BCUT2D eigenvalue weighted by atomic mass is 9.43. The zero-order chi connectivity index (χ0) is 22.4. The highest BCUT2D eigenvalue weighted by molar-refractivity contribution is 5.84. The van der Waals surface area contributed by atoms with Crippen molar-refractivity contribution in [2.24, 2.45) is 58.2 Å². The Kier molecular flexibility index (Phi) is 6.83. The van der Waals surface area contributed by atoms with Crippen molar-refractivity contribution in [3.8, 4) is 0 Å². The number of ketones is 1. The molecule has 0 amide bonds. The van der Waals surface area contributed by atoms with E-state index in [9.17, 15) is 4.79 Å². The minimum absolute atomic E-state index is 0.204. The molecule has 4 aliphatic carbocycles. The average Bonchev–Trinajstić information content (AvgIpc) is 3.07. The zero-order valence-electron chi connectivity index (χ0n) is 21.5. The molecular formula is C30H50O. The number of hydrogen-bond donors (Lipinski definition) is 0. The van der Waals surface area contributed by atoms with E-state index < -0.39 is 0 Å². The van der Waals surface area contributed by atoms with Gasteiger partial charge in [0.05, 0.1) is 0 Å². The molecule has 0 saturated heterocycles. The van der Waals surface area contributed by atoms with Crippen molar-refractivity contribution in [3.63, 3.8) is 0 Å². The lowest BCUT2D eigenvalue weighted by Crippen LogP contribution is -2.55. The van der Waals surface area contributed by atoms with Crippen molar-refractivity contribution in [2.45, 2.75) is 112 Å². The van der Waals surface area contributed by atoms with Crippen molar-refractivity contribution in [3.05, 3.63) is 12.2 Å². The normalized spacial score (nSPS) is 46.1. The lowest BCUT2D eigenvalue weighted by Gasteiger charge is -2.61. The fourth-order valence-electron chi connectivity index (χ4n) is 9.70. The molecule has 4 aliphatic rings. The average molecular weight is 427 g/mol. The Morgan fingerprint density at radius 1 is 0.903 bits per heavy atom. The van der Waals surface area contributed by atoms with Crippen molar-refractivity contribution in [2.75, 3.05) is 0 Å². The molecule has 4 rings (SSSR count). The summed E-state index contributed by atoms with van der Waals surface area (Å²) in [6, 6.07) is 0. The first-order chi connectivity index (χ1) is 14.7. The lowest BCUT2D eigenvalue weighted by molar-refractivity contribution is -0.148. The van der Waals surface area contributed by atoms with E-state index >= 15 is 0 Å². The minimum Gasteiger partial charge on any atom is -0.299 e. The summed E-state index contributed by atoms with van der Waals surface area (Å²) in [7, 11) is 0. The molecule has 4 fully saturated rings. The molecule has 0 spiro atoms.